The number of hydrogen-bond donors (Lipinski definition) is 2. The van der Waals surface area contributed by atoms with E-state index in [-0.39, 0.29) is 24.0 Å². The Morgan fingerprint density at radius 2 is 1.69 bits per heavy atom. The van der Waals surface area contributed by atoms with Crippen LogP contribution >= 0.6 is 0 Å². The first-order chi connectivity index (χ1) is 14.0. The number of benzene rings is 2. The maximum absolute atomic E-state index is 12.1. The van der Waals surface area contributed by atoms with Gasteiger partial charge in [0.1, 0.15) is 0 Å². The summed E-state index contributed by atoms with van der Waals surface area (Å²) in [6.45, 7) is 1.47. The van der Waals surface area contributed by atoms with E-state index in [2.05, 4.69) is 10.6 Å². The van der Waals surface area contributed by atoms with Gasteiger partial charge < -0.3 is 19.8 Å². The highest BCUT2D eigenvalue weighted by Crippen LogP contribution is 2.13. The second-order valence-corrected chi connectivity index (χ2v) is 6.28. The molecular formula is C22H20N2O5. The summed E-state index contributed by atoms with van der Waals surface area (Å²) in [5.41, 5.74) is 1.72. The van der Waals surface area contributed by atoms with Gasteiger partial charge >= 0.3 is 5.97 Å². The maximum atomic E-state index is 12.1. The predicted molar refractivity (Wildman–Crippen MR) is 106 cm³/mol. The van der Waals surface area contributed by atoms with Gasteiger partial charge in [-0.25, -0.2) is 4.79 Å². The van der Waals surface area contributed by atoms with E-state index in [0.717, 1.165) is 5.56 Å². The van der Waals surface area contributed by atoms with Crippen molar-refractivity contribution >= 4 is 23.5 Å². The van der Waals surface area contributed by atoms with Gasteiger partial charge in [-0.1, -0.05) is 30.3 Å². The Hall–Kier alpha value is -3.87. The van der Waals surface area contributed by atoms with Crippen LogP contribution in [0, 0.1) is 0 Å². The van der Waals surface area contributed by atoms with Crippen LogP contribution in [0.2, 0.25) is 0 Å². The molecule has 0 saturated carbocycles. The maximum Gasteiger partial charge on any atom is 0.338 e. The third kappa shape index (κ3) is 5.55. The summed E-state index contributed by atoms with van der Waals surface area (Å²) in [6, 6.07) is 18.6. The van der Waals surface area contributed by atoms with Gasteiger partial charge in [0.25, 0.3) is 11.8 Å². The van der Waals surface area contributed by atoms with E-state index in [1.165, 1.54) is 18.4 Å². The van der Waals surface area contributed by atoms with Crippen LogP contribution in [0.15, 0.2) is 77.4 Å². The Morgan fingerprint density at radius 1 is 0.966 bits per heavy atom. The lowest BCUT2D eigenvalue weighted by atomic mass is 10.1. The van der Waals surface area contributed by atoms with Gasteiger partial charge in [0.05, 0.1) is 17.9 Å². The van der Waals surface area contributed by atoms with Crippen LogP contribution < -0.4 is 10.6 Å². The second-order valence-electron chi connectivity index (χ2n) is 6.28. The van der Waals surface area contributed by atoms with Crippen molar-refractivity contribution in [3.05, 3.63) is 89.9 Å². The molecule has 7 nitrogen and oxygen atoms in total. The Balaban J connectivity index is 1.48. The van der Waals surface area contributed by atoms with Crippen LogP contribution in [-0.2, 0) is 9.53 Å². The van der Waals surface area contributed by atoms with Crippen LogP contribution in [0.4, 0.5) is 5.69 Å². The molecule has 3 rings (SSSR count). The summed E-state index contributed by atoms with van der Waals surface area (Å²) in [5, 5.41) is 5.42. The molecule has 1 atom stereocenters. The SMILES string of the molecule is CC(NC(=O)COC(=O)c1ccc(NC(=O)c2ccco2)cc1)c1ccccc1. The largest absolute Gasteiger partial charge is 0.459 e. The van der Waals surface area contributed by atoms with Crippen LogP contribution in [0.3, 0.4) is 0 Å². The zero-order valence-electron chi connectivity index (χ0n) is 15.8. The molecule has 1 unspecified atom stereocenters. The first kappa shape index (κ1) is 19.9. The predicted octanol–water partition coefficient (Wildman–Crippen LogP) is 3.57. The smallest absolute Gasteiger partial charge is 0.338 e. The van der Waals surface area contributed by atoms with Gasteiger partial charge in [-0.3, -0.25) is 9.59 Å². The first-order valence-electron chi connectivity index (χ1n) is 8.99. The number of rotatable bonds is 7. The molecule has 0 fully saturated rings. The number of carbonyl (C=O) groups excluding carboxylic acids is 3. The van der Waals surface area contributed by atoms with Gasteiger partial charge in [-0.2, -0.15) is 0 Å². The van der Waals surface area contributed by atoms with Crippen molar-refractivity contribution in [2.24, 2.45) is 0 Å². The summed E-state index contributed by atoms with van der Waals surface area (Å²) >= 11 is 0. The molecule has 0 aliphatic heterocycles. The molecule has 2 amide bonds. The third-order valence-electron chi connectivity index (χ3n) is 4.13. The Labute approximate surface area is 167 Å². The van der Waals surface area contributed by atoms with Crippen molar-refractivity contribution in [2.75, 3.05) is 11.9 Å². The fourth-order valence-corrected chi connectivity index (χ4v) is 2.61. The first-order valence-corrected chi connectivity index (χ1v) is 8.99. The zero-order chi connectivity index (χ0) is 20.6. The summed E-state index contributed by atoms with van der Waals surface area (Å²) < 4.78 is 10.1. The summed E-state index contributed by atoms with van der Waals surface area (Å²) in [5.74, 6) is -1.23. The van der Waals surface area contributed by atoms with Crippen molar-refractivity contribution in [2.45, 2.75) is 13.0 Å². The van der Waals surface area contributed by atoms with E-state index in [9.17, 15) is 14.4 Å². The highest BCUT2D eigenvalue weighted by atomic mass is 16.5. The minimum Gasteiger partial charge on any atom is -0.459 e. The van der Waals surface area contributed by atoms with Gasteiger partial charge in [-0.15, -0.1) is 0 Å². The monoisotopic (exact) mass is 392 g/mol. The molecule has 2 N–H and O–H groups in total. The molecule has 0 saturated heterocycles. The van der Waals surface area contributed by atoms with Crippen LogP contribution in [-0.4, -0.2) is 24.4 Å². The Bertz CT molecular complexity index is 966. The fraction of sp³-hybridized carbons (Fsp3) is 0.136. The molecule has 1 heterocycles. The van der Waals surface area contributed by atoms with E-state index in [4.69, 9.17) is 9.15 Å². The molecule has 0 radical (unpaired) electrons. The Morgan fingerprint density at radius 3 is 2.34 bits per heavy atom. The van der Waals surface area contributed by atoms with E-state index >= 15 is 0 Å². The van der Waals surface area contributed by atoms with Crippen molar-refractivity contribution < 1.29 is 23.5 Å². The lowest BCUT2D eigenvalue weighted by molar-refractivity contribution is -0.124. The van der Waals surface area contributed by atoms with E-state index in [1.807, 2.05) is 37.3 Å². The number of esters is 1. The van der Waals surface area contributed by atoms with Crippen LogP contribution in [0.5, 0.6) is 0 Å². The van der Waals surface area contributed by atoms with E-state index in [1.54, 1.807) is 24.3 Å². The van der Waals surface area contributed by atoms with Crippen LogP contribution in [0.25, 0.3) is 0 Å². The van der Waals surface area contributed by atoms with Crippen LogP contribution in [0.1, 0.15) is 39.4 Å². The molecule has 0 spiro atoms. The minimum absolute atomic E-state index is 0.184. The fourth-order valence-electron chi connectivity index (χ4n) is 2.61. The molecule has 0 bridgehead atoms. The topological polar surface area (TPSA) is 97.6 Å². The Kier molecular flexibility index (Phi) is 6.42. The number of carbonyl (C=O) groups is 3. The summed E-state index contributed by atoms with van der Waals surface area (Å²) in [6.07, 6.45) is 1.41. The van der Waals surface area contributed by atoms with Gasteiger partial charge in [0.2, 0.25) is 0 Å². The average molecular weight is 392 g/mol. The highest BCUT2D eigenvalue weighted by Gasteiger charge is 2.14. The molecule has 0 aliphatic rings. The van der Waals surface area contributed by atoms with Crippen molar-refractivity contribution in [1.82, 2.24) is 5.32 Å². The lowest BCUT2D eigenvalue weighted by Crippen LogP contribution is -2.31. The van der Waals surface area contributed by atoms with E-state index < -0.39 is 17.8 Å². The number of nitrogens with one attached hydrogen (secondary N) is 2. The quantitative estimate of drug-likeness (QED) is 0.599. The molecular weight excluding hydrogens is 372 g/mol. The van der Waals surface area contributed by atoms with E-state index in [0.29, 0.717) is 5.69 Å². The van der Waals surface area contributed by atoms with Gasteiger partial charge in [0, 0.05) is 5.69 Å². The molecule has 1 aromatic heterocycles. The van der Waals surface area contributed by atoms with Crippen molar-refractivity contribution in [3.63, 3.8) is 0 Å². The summed E-state index contributed by atoms with van der Waals surface area (Å²) in [7, 11) is 0. The minimum atomic E-state index is -0.628. The third-order valence-corrected chi connectivity index (χ3v) is 4.13. The van der Waals surface area contributed by atoms with Gasteiger partial charge in [0.15, 0.2) is 12.4 Å². The number of furan rings is 1. The average Bonchev–Trinajstić information content (AvgIpc) is 3.28. The molecule has 29 heavy (non-hydrogen) atoms. The molecule has 7 heteroatoms. The normalized spacial score (nSPS) is 11.3. The number of amides is 2. The standard InChI is InChI=1S/C22H20N2O5/c1-15(16-6-3-2-4-7-16)23-20(25)14-29-22(27)17-9-11-18(12-10-17)24-21(26)19-8-5-13-28-19/h2-13,15H,14H2,1H3,(H,23,25)(H,24,26). The lowest BCUT2D eigenvalue weighted by Gasteiger charge is -2.14. The molecule has 0 aliphatic carbocycles. The summed E-state index contributed by atoms with van der Waals surface area (Å²) in [4.78, 5) is 36.0. The second kappa shape index (κ2) is 9.36. The number of anilines is 1. The zero-order valence-corrected chi connectivity index (χ0v) is 15.8. The molecule has 148 valence electrons. The molecule has 2 aromatic carbocycles. The number of ether oxygens (including phenoxy) is 1. The van der Waals surface area contributed by atoms with Crippen molar-refractivity contribution in [3.8, 4) is 0 Å². The molecule has 3 aromatic rings. The highest BCUT2D eigenvalue weighted by molar-refractivity contribution is 6.02. The van der Waals surface area contributed by atoms with Gasteiger partial charge in [-0.05, 0) is 48.9 Å². The van der Waals surface area contributed by atoms with Crippen molar-refractivity contribution in [1.29, 1.82) is 0 Å². The number of hydrogen-bond acceptors (Lipinski definition) is 5.